The number of hydrogen-bond acceptors (Lipinski definition) is 15. The van der Waals surface area contributed by atoms with Crippen molar-refractivity contribution in [3.63, 3.8) is 0 Å². The van der Waals surface area contributed by atoms with Crippen molar-refractivity contribution in [2.45, 2.75) is 19.6 Å². The van der Waals surface area contributed by atoms with E-state index >= 15 is 0 Å². The smallest absolute Gasteiger partial charge is 0.296 e. The number of rotatable bonds is 8. The molecule has 8 N–H and O–H groups in total. The molecule has 0 spiro atoms. The fourth-order valence-electron chi connectivity index (χ4n) is 4.65. The summed E-state index contributed by atoms with van der Waals surface area (Å²) in [7, 11) is -20.1. The van der Waals surface area contributed by atoms with Crippen LogP contribution >= 0.6 is 0 Å². The van der Waals surface area contributed by atoms with Crippen LogP contribution in [0.1, 0.15) is 0 Å². The minimum atomic E-state index is -5.15. The Morgan fingerprint density at radius 3 is 1.67 bits per heavy atom. The number of aromatic hydroxyl groups is 2. The molecule has 0 bridgehead atoms. The lowest BCUT2D eigenvalue weighted by atomic mass is 10.1. The summed E-state index contributed by atoms with van der Waals surface area (Å²) in [5, 5.41) is 35.8. The first-order valence-electron chi connectivity index (χ1n) is 12.8. The van der Waals surface area contributed by atoms with Crippen LogP contribution in [0.4, 0.5) is 28.4 Å². The van der Waals surface area contributed by atoms with Gasteiger partial charge in [0.25, 0.3) is 40.5 Å². The molecule has 0 saturated heterocycles. The van der Waals surface area contributed by atoms with Crippen molar-refractivity contribution in [1.29, 1.82) is 0 Å². The summed E-state index contributed by atoms with van der Waals surface area (Å²) < 4.78 is 134. The average molecular weight is 754 g/mol. The van der Waals surface area contributed by atoms with Crippen molar-refractivity contribution in [1.82, 2.24) is 0 Å². The molecule has 19 nitrogen and oxygen atoms in total. The van der Waals surface area contributed by atoms with Crippen molar-refractivity contribution < 1.29 is 62.1 Å². The van der Waals surface area contributed by atoms with E-state index in [1.54, 1.807) is 0 Å². The molecule has 0 amide bonds. The van der Waals surface area contributed by atoms with Crippen LogP contribution in [0.3, 0.4) is 0 Å². The highest BCUT2D eigenvalue weighted by Crippen LogP contribution is 2.46. The lowest BCUT2D eigenvalue weighted by Crippen LogP contribution is -2.05. The number of nitrogen functional groups attached to an aromatic ring is 1. The summed E-state index contributed by atoms with van der Waals surface area (Å²) >= 11 is 0. The molecule has 0 fully saturated rings. The molecule has 0 radical (unpaired) electrons. The van der Waals surface area contributed by atoms with E-state index in [1.807, 2.05) is 0 Å². The van der Waals surface area contributed by atoms with Crippen LogP contribution in [0.2, 0.25) is 0 Å². The largest absolute Gasteiger partial charge is 0.506 e. The first-order valence-corrected chi connectivity index (χ1v) is 18.5. The number of phenolic OH excluding ortho intramolecular Hbond substituents is 2. The maximum atomic E-state index is 12.2. The summed E-state index contributed by atoms with van der Waals surface area (Å²) in [6, 6.07) is 11.0. The summed E-state index contributed by atoms with van der Waals surface area (Å²) in [4.78, 5) is -3.65. The Balaban J connectivity index is 1.70. The number of phenols is 2. The molecular weight excluding hydrogens is 735 g/mol. The second-order valence-electron chi connectivity index (χ2n) is 9.92. The molecular formula is C26H19N5O14S4. The second kappa shape index (κ2) is 12.1. The van der Waals surface area contributed by atoms with E-state index < -0.39 is 93.7 Å². The maximum Gasteiger partial charge on any atom is 0.296 e. The summed E-state index contributed by atoms with van der Waals surface area (Å²) in [6.07, 6.45) is 0. The molecule has 0 aromatic heterocycles. The maximum absolute atomic E-state index is 12.2. The Bertz CT molecular complexity index is 2750. The first kappa shape index (κ1) is 35.2. The van der Waals surface area contributed by atoms with E-state index in [2.05, 4.69) is 20.5 Å². The highest BCUT2D eigenvalue weighted by molar-refractivity contribution is 7.87. The Morgan fingerprint density at radius 2 is 1.08 bits per heavy atom. The van der Waals surface area contributed by atoms with Gasteiger partial charge in [0.05, 0.1) is 10.6 Å². The molecule has 0 atom stereocenters. The molecule has 5 aromatic carbocycles. The second-order valence-corrected chi connectivity index (χ2v) is 15.5. The van der Waals surface area contributed by atoms with E-state index in [4.69, 9.17) is 5.73 Å². The third-order valence-corrected chi connectivity index (χ3v) is 10.2. The van der Waals surface area contributed by atoms with Gasteiger partial charge in [-0.2, -0.15) is 33.7 Å². The average Bonchev–Trinajstić information content (AvgIpc) is 2.97. The molecule has 0 saturated carbocycles. The Labute approximate surface area is 275 Å². The van der Waals surface area contributed by atoms with Crippen LogP contribution < -0.4 is 5.73 Å². The minimum absolute atomic E-state index is 0.0589. The van der Waals surface area contributed by atoms with Gasteiger partial charge in [-0.05, 0) is 36.4 Å². The lowest BCUT2D eigenvalue weighted by molar-refractivity contribution is 0.472. The molecule has 0 aliphatic heterocycles. The van der Waals surface area contributed by atoms with Gasteiger partial charge in [0.1, 0.15) is 37.5 Å². The predicted molar refractivity (Wildman–Crippen MR) is 170 cm³/mol. The van der Waals surface area contributed by atoms with Gasteiger partial charge in [-0.3, -0.25) is 18.2 Å². The quantitative estimate of drug-likeness (QED) is 0.0635. The number of azo groups is 2. The van der Waals surface area contributed by atoms with Crippen LogP contribution in [0, 0.1) is 0 Å². The van der Waals surface area contributed by atoms with E-state index in [1.165, 1.54) is 24.3 Å². The molecule has 23 heteroatoms. The standard InChI is InChI=1S/C26H19N5O14S4/c27-12-7-16-22(48(40,41)42)11-19(26(33)24(16)23(8-12)49(43,44)45)30-31-25-15-4-2-1-3-14(15)17(10-20(25)32)28-29-18-9-13(46(34,35)36)5-6-21(18)47(37,38)39/h1-11,32-33H,27H2,(H,34,35,36)(H,37,38,39)(H,40,41,42)(H,43,44,45). The number of nitrogens with two attached hydrogens (primary N) is 1. The van der Waals surface area contributed by atoms with Gasteiger partial charge in [0.15, 0.2) is 5.75 Å². The highest BCUT2D eigenvalue weighted by Gasteiger charge is 2.27. The van der Waals surface area contributed by atoms with E-state index in [-0.39, 0.29) is 27.8 Å². The van der Waals surface area contributed by atoms with Gasteiger partial charge in [0.2, 0.25) is 0 Å². The van der Waals surface area contributed by atoms with E-state index in [9.17, 15) is 62.1 Å². The number of nitrogens with zero attached hydrogens (tertiary/aromatic N) is 4. The van der Waals surface area contributed by atoms with Crippen molar-refractivity contribution >= 4 is 90.5 Å². The topological polar surface area (TPSA) is 333 Å². The van der Waals surface area contributed by atoms with Crippen LogP contribution in [-0.2, 0) is 40.5 Å². The normalized spacial score (nSPS) is 13.2. The van der Waals surface area contributed by atoms with Crippen LogP contribution in [0.15, 0.2) is 107 Å². The van der Waals surface area contributed by atoms with Crippen LogP contribution in [-0.4, -0.2) is 62.1 Å². The Hall–Kier alpha value is -5.14. The summed E-state index contributed by atoms with van der Waals surface area (Å²) in [5.41, 5.74) is 3.31. The van der Waals surface area contributed by atoms with Gasteiger partial charge in [-0.25, -0.2) is 0 Å². The Morgan fingerprint density at radius 1 is 0.510 bits per heavy atom. The zero-order valence-corrected chi connectivity index (χ0v) is 27.1. The zero-order valence-electron chi connectivity index (χ0n) is 23.8. The van der Waals surface area contributed by atoms with Gasteiger partial charge < -0.3 is 15.9 Å². The molecule has 0 aliphatic carbocycles. The number of benzene rings is 5. The molecule has 0 unspecified atom stereocenters. The molecule has 49 heavy (non-hydrogen) atoms. The van der Waals surface area contributed by atoms with Crippen LogP contribution in [0.5, 0.6) is 11.5 Å². The predicted octanol–water partition coefficient (Wildman–Crippen LogP) is 4.80. The third kappa shape index (κ3) is 7.03. The van der Waals surface area contributed by atoms with Gasteiger partial charge in [0, 0.05) is 33.3 Å². The van der Waals surface area contributed by atoms with E-state index in [0.717, 1.165) is 18.2 Å². The SMILES string of the molecule is Nc1cc(S(=O)(=O)O)c2c(O)c(N=Nc3c(O)cc(N=Nc4cc(S(=O)(=O)O)ccc4S(=O)(=O)O)c4ccccc34)cc(S(=O)(=O)O)c2c1. The fourth-order valence-corrected chi connectivity index (χ4v) is 7.20. The highest BCUT2D eigenvalue weighted by atomic mass is 32.2. The molecule has 5 rings (SSSR count). The summed E-state index contributed by atoms with van der Waals surface area (Å²) in [6.45, 7) is 0. The number of anilines is 1. The molecule has 0 aliphatic rings. The van der Waals surface area contributed by atoms with Gasteiger partial charge in [-0.15, -0.1) is 20.5 Å². The molecule has 5 aromatic rings. The van der Waals surface area contributed by atoms with Crippen molar-refractivity contribution in [3.8, 4) is 11.5 Å². The fraction of sp³-hybridized carbons (Fsp3) is 0. The molecule has 0 heterocycles. The van der Waals surface area contributed by atoms with Crippen molar-refractivity contribution in [2.75, 3.05) is 5.73 Å². The Kier molecular flexibility index (Phi) is 8.67. The van der Waals surface area contributed by atoms with Crippen molar-refractivity contribution in [3.05, 3.63) is 66.7 Å². The monoisotopic (exact) mass is 753 g/mol. The third-order valence-electron chi connectivity index (χ3n) is 6.70. The number of hydrogen-bond donors (Lipinski definition) is 7. The molecule has 256 valence electrons. The zero-order chi connectivity index (χ0) is 36.3. The number of fused-ring (bicyclic) bond motifs is 2. The lowest BCUT2D eigenvalue weighted by Gasteiger charge is -2.13. The van der Waals surface area contributed by atoms with Gasteiger partial charge >= 0.3 is 0 Å². The minimum Gasteiger partial charge on any atom is -0.506 e. The first-order chi connectivity index (χ1) is 22.6. The van der Waals surface area contributed by atoms with E-state index in [0.29, 0.717) is 24.3 Å². The summed E-state index contributed by atoms with van der Waals surface area (Å²) in [5.74, 6) is -1.71. The van der Waals surface area contributed by atoms with Crippen LogP contribution in [0.25, 0.3) is 21.5 Å². The van der Waals surface area contributed by atoms with Gasteiger partial charge in [-0.1, -0.05) is 24.3 Å². The van der Waals surface area contributed by atoms with Crippen molar-refractivity contribution in [2.24, 2.45) is 20.5 Å².